The predicted molar refractivity (Wildman–Crippen MR) is 355 cm³/mol. The third-order valence-electron chi connectivity index (χ3n) is 23.7. The highest BCUT2D eigenvalue weighted by atomic mass is 15.6. The molecule has 12 aliphatic rings. The van der Waals surface area contributed by atoms with E-state index >= 15 is 0 Å². The number of rotatable bonds is 10. The van der Waals surface area contributed by atoms with Crippen molar-refractivity contribution in [3.05, 3.63) is 216 Å². The zero-order valence-electron chi connectivity index (χ0n) is 53.4. The quantitative estimate of drug-likeness (QED) is 0.0966. The summed E-state index contributed by atoms with van der Waals surface area (Å²) in [5, 5.41) is 10.4. The highest BCUT2D eigenvalue weighted by molar-refractivity contribution is 6.33. The van der Waals surface area contributed by atoms with E-state index < -0.39 is 11.8 Å². The first kappa shape index (κ1) is 50.5. The molecule has 2 spiro atoms. The second-order valence-corrected chi connectivity index (χ2v) is 26.7. The zero-order valence-corrected chi connectivity index (χ0v) is 53.4. The number of aromatic nitrogens is 4. The van der Waals surface area contributed by atoms with E-state index in [2.05, 4.69) is 231 Å². The number of allylic oxidation sites excluding steroid dienone is 8. The number of hydrogen-bond acceptors (Lipinski definition) is 0. The molecular formula is C79H76N8+4. The third-order valence-corrected chi connectivity index (χ3v) is 23.7. The zero-order chi connectivity index (χ0) is 59.4. The van der Waals surface area contributed by atoms with Crippen molar-refractivity contribution in [2.24, 2.45) is 0 Å². The lowest BCUT2D eigenvalue weighted by atomic mass is 9.86. The first-order valence-corrected chi connectivity index (χ1v) is 33.0. The van der Waals surface area contributed by atoms with Crippen LogP contribution in [0.2, 0.25) is 0 Å². The Bertz CT molecular complexity index is 5520. The summed E-state index contributed by atoms with van der Waals surface area (Å²) in [5.74, 6) is -1.46. The van der Waals surface area contributed by atoms with Crippen molar-refractivity contribution >= 4 is 92.0 Å². The summed E-state index contributed by atoms with van der Waals surface area (Å²) in [4.78, 5) is 0. The first-order valence-electron chi connectivity index (χ1n) is 33.0. The van der Waals surface area contributed by atoms with Gasteiger partial charge in [0.25, 0.3) is 0 Å². The fraction of sp³-hybridized carbons (Fsp3) is 0.316. The molecular weight excluding hydrogens is 1060 g/mol. The lowest BCUT2D eigenvalue weighted by Crippen LogP contribution is -2.70. The molecule has 3 aromatic carbocycles. The van der Waals surface area contributed by atoms with Crippen LogP contribution in [-0.2, 0) is 37.5 Å². The van der Waals surface area contributed by atoms with Gasteiger partial charge in [0.15, 0.2) is 0 Å². The van der Waals surface area contributed by atoms with Crippen molar-refractivity contribution in [2.45, 2.75) is 167 Å². The summed E-state index contributed by atoms with van der Waals surface area (Å²) in [5.41, 5.74) is 42.8. The highest BCUT2D eigenvalue weighted by Crippen LogP contribution is 2.58. The van der Waals surface area contributed by atoms with Gasteiger partial charge in [-0.1, -0.05) is 110 Å². The minimum absolute atomic E-state index is 0.728. The first-order chi connectivity index (χ1) is 42.3. The van der Waals surface area contributed by atoms with Gasteiger partial charge in [0.2, 0.25) is 45.6 Å². The van der Waals surface area contributed by atoms with Gasteiger partial charge in [-0.25, -0.2) is 0 Å². The van der Waals surface area contributed by atoms with E-state index in [0.717, 1.165) is 51.4 Å². The van der Waals surface area contributed by atoms with E-state index in [-0.39, 0.29) is 0 Å². The van der Waals surface area contributed by atoms with Crippen LogP contribution < -0.4 is 21.4 Å². The number of hydrogen-bond donors (Lipinski definition) is 0. The van der Waals surface area contributed by atoms with E-state index in [1.54, 1.807) is 0 Å². The van der Waals surface area contributed by atoms with Crippen molar-refractivity contribution < 1.29 is 18.3 Å². The summed E-state index contributed by atoms with van der Waals surface area (Å²) < 4.78 is 22.5. The number of fused-ring (bicyclic) bond motifs is 2. The smallest absolute Gasteiger partial charge is 0.199 e. The van der Waals surface area contributed by atoms with Crippen molar-refractivity contribution in [3.63, 3.8) is 0 Å². The van der Waals surface area contributed by atoms with Gasteiger partial charge in [-0.3, -0.25) is 0 Å². The Morgan fingerprint density at radius 3 is 1.63 bits per heavy atom. The molecule has 2 unspecified atom stereocenters. The molecule has 0 radical (unpaired) electrons. The average molecular weight is 1140 g/mol. The maximum Gasteiger partial charge on any atom is 0.553 e. The molecule has 4 aromatic heterocycles. The largest absolute Gasteiger partial charge is 0.553 e. The Hall–Kier alpha value is -8.62. The third kappa shape index (κ3) is 5.04. The Kier molecular flexibility index (Phi) is 9.36. The molecule has 0 saturated carbocycles. The van der Waals surface area contributed by atoms with E-state index in [4.69, 9.17) is 0 Å². The molecule has 2 atom stereocenters. The van der Waals surface area contributed by atoms with E-state index in [0.29, 0.717) is 0 Å². The van der Waals surface area contributed by atoms with Gasteiger partial charge in [-0.15, -0.1) is 0 Å². The standard InChI is InChI=1S/C79H76N8/c1-16-46-31-72-73(75-43(13)53(21-6)69-34-61-40(10)50(18-3)66-37-65-49(17-2)39(9)60-33-64(46)84(72)78(80(60)65,81(61)66)85(69)75)56-28-24-26-47-30-48-27-25-29-57(59(48)32-58(47)56)74-76-44(14)54(22-7)70-35-62-41(11)51(19-4)67-38-68-52(20-5)42(12)63-36-71-55(23-8)45(15)77(74)87(71)79(82(62)67,83(63)68)86(70)76/h24-38H,16-23H2,1-15H3/q+4. The lowest BCUT2D eigenvalue weighted by Gasteiger charge is -2.39. The van der Waals surface area contributed by atoms with E-state index in [1.165, 1.54) is 217 Å². The van der Waals surface area contributed by atoms with Crippen LogP contribution >= 0.6 is 0 Å². The van der Waals surface area contributed by atoms with Gasteiger partial charge in [0, 0.05) is 81.0 Å². The van der Waals surface area contributed by atoms with Crippen LogP contribution in [0, 0.1) is 20.8 Å². The number of nitrogens with zero attached hydrogens (tertiary/aromatic N) is 8. The molecule has 0 fully saturated rings. The predicted octanol–water partition coefficient (Wildman–Crippen LogP) is 12.8. The van der Waals surface area contributed by atoms with Gasteiger partial charge in [-0.05, 0) is 190 Å². The van der Waals surface area contributed by atoms with Crippen LogP contribution in [0.4, 0.5) is 0 Å². The molecule has 87 heavy (non-hydrogen) atoms. The molecule has 8 nitrogen and oxygen atoms in total. The average Bonchev–Trinajstić information content (AvgIpc) is 1.50. The minimum atomic E-state index is -0.735. The van der Waals surface area contributed by atoms with Crippen molar-refractivity contribution in [1.29, 1.82) is 0 Å². The van der Waals surface area contributed by atoms with E-state index in [1.807, 2.05) is 0 Å². The van der Waals surface area contributed by atoms with Crippen molar-refractivity contribution in [2.75, 3.05) is 0 Å². The Morgan fingerprint density at radius 2 is 0.954 bits per heavy atom. The Balaban J connectivity index is 0.947. The molecule has 16 heterocycles. The number of benzene rings is 3. The van der Waals surface area contributed by atoms with Crippen LogP contribution in [-0.4, -0.2) is 59.4 Å². The molecule has 0 aliphatic carbocycles. The maximum absolute atomic E-state index is 2.85. The van der Waals surface area contributed by atoms with Crippen LogP contribution in [0.1, 0.15) is 182 Å². The fourth-order valence-corrected chi connectivity index (χ4v) is 20.1. The van der Waals surface area contributed by atoms with Crippen molar-refractivity contribution in [1.82, 2.24) is 18.3 Å². The molecule has 428 valence electrons. The van der Waals surface area contributed by atoms with Crippen LogP contribution in [0.15, 0.2) is 122 Å². The van der Waals surface area contributed by atoms with Gasteiger partial charge in [-0.2, -0.15) is 18.3 Å². The minimum Gasteiger partial charge on any atom is -0.199 e. The SMILES string of the molecule is CCC1=C(C)C2=[N+]3C1=Cc1c(CC)c(C)c4n1C31n3c(cc(CC)c3=C2)=C(c2cccc3cc5cccc(C6=C7C(C)=C(CC)C8=[N+]7C79n%10c(c(CC)c(C)c%106)C=C6C(C)=C(CC)C(=[N+]67)C=c6c(CC)c(C)c(n69)=C8)c5cc23)C2=[N+]1C(=C4)C(CC)=C2C. The van der Waals surface area contributed by atoms with Crippen LogP contribution in [0.25, 0.3) is 69.1 Å². The molecule has 0 saturated heterocycles. The summed E-state index contributed by atoms with van der Waals surface area (Å²) in [6.45, 7) is 35.9. The van der Waals surface area contributed by atoms with Crippen LogP contribution in [0.5, 0.6) is 0 Å². The molecule has 12 aliphatic heterocycles. The molecule has 19 rings (SSSR count). The molecule has 0 N–H and O–H groups in total. The molecule has 7 aromatic rings. The molecule has 0 bridgehead atoms. The highest BCUT2D eigenvalue weighted by Gasteiger charge is 2.75. The lowest BCUT2D eigenvalue weighted by molar-refractivity contribution is -0.835. The Labute approximate surface area is 509 Å². The second-order valence-electron chi connectivity index (χ2n) is 26.7. The van der Waals surface area contributed by atoms with Gasteiger partial charge >= 0.3 is 11.8 Å². The summed E-state index contributed by atoms with van der Waals surface area (Å²) >= 11 is 0. The van der Waals surface area contributed by atoms with Gasteiger partial charge in [0.05, 0.1) is 55.3 Å². The Morgan fingerprint density at radius 1 is 0.391 bits per heavy atom. The summed E-state index contributed by atoms with van der Waals surface area (Å²) in [7, 11) is 0. The number of aryl methyl sites for hydroxylation is 1. The van der Waals surface area contributed by atoms with Gasteiger partial charge in [0.1, 0.15) is 0 Å². The van der Waals surface area contributed by atoms with Crippen LogP contribution in [0.3, 0.4) is 0 Å². The summed E-state index contributed by atoms with van der Waals surface area (Å²) in [6, 6.07) is 22.1. The van der Waals surface area contributed by atoms with Gasteiger partial charge < -0.3 is 0 Å². The second kappa shape index (κ2) is 16.1. The maximum atomic E-state index is 2.85. The summed E-state index contributed by atoms with van der Waals surface area (Å²) in [6.07, 6.45) is 23.1. The monoisotopic (exact) mass is 1140 g/mol. The van der Waals surface area contributed by atoms with Crippen molar-refractivity contribution in [3.8, 4) is 0 Å². The molecule has 0 amide bonds. The molecule has 8 heteroatoms. The van der Waals surface area contributed by atoms with E-state index in [9.17, 15) is 0 Å². The fourth-order valence-electron chi connectivity index (χ4n) is 20.1. The topological polar surface area (TPSA) is 31.8 Å². The normalized spacial score (nSPS) is 22.2.